The van der Waals surface area contributed by atoms with Gasteiger partial charge in [0.15, 0.2) is 0 Å². The average molecular weight is 293 g/mol. The zero-order chi connectivity index (χ0) is 15.6. The average Bonchev–Trinajstić information content (AvgIpc) is 2.73. The van der Waals surface area contributed by atoms with Crippen LogP contribution in [0.2, 0.25) is 0 Å². The van der Waals surface area contributed by atoms with Crippen LogP contribution in [0.4, 0.5) is 0 Å². The topological polar surface area (TPSA) is 59.8 Å². The number of amides is 1. The summed E-state index contributed by atoms with van der Waals surface area (Å²) in [5, 5.41) is 0. The third-order valence-corrected chi connectivity index (χ3v) is 3.35. The van der Waals surface area contributed by atoms with Gasteiger partial charge in [0.1, 0.15) is 17.6 Å². The molecule has 1 unspecified atom stereocenters. The molecule has 1 aliphatic heterocycles. The number of ether oxygens (including phenoxy) is 1. The molecule has 0 aliphatic carbocycles. The van der Waals surface area contributed by atoms with Crippen molar-refractivity contribution >= 4 is 5.91 Å². The van der Waals surface area contributed by atoms with Gasteiger partial charge in [-0.1, -0.05) is 20.8 Å². The van der Waals surface area contributed by atoms with Gasteiger partial charge in [-0.25, -0.2) is 4.79 Å². The fourth-order valence-corrected chi connectivity index (χ4v) is 2.45. The van der Waals surface area contributed by atoms with Gasteiger partial charge in [-0.3, -0.25) is 4.79 Å². The molecular weight excluding hydrogens is 270 g/mol. The van der Waals surface area contributed by atoms with Gasteiger partial charge in [-0.2, -0.15) is 0 Å². The second-order valence-electron chi connectivity index (χ2n) is 6.83. The number of rotatable bonds is 3. The zero-order valence-electron chi connectivity index (χ0n) is 13.1. The highest BCUT2D eigenvalue weighted by Crippen LogP contribution is 2.23. The Kier molecular flexibility index (Phi) is 4.40. The molecule has 1 atom stereocenters. The molecule has 0 N–H and O–H groups in total. The van der Waals surface area contributed by atoms with Crippen LogP contribution in [0.1, 0.15) is 39.4 Å². The van der Waals surface area contributed by atoms with E-state index in [9.17, 15) is 9.59 Å². The molecule has 2 rings (SSSR count). The Balaban J connectivity index is 1.93. The maximum absolute atomic E-state index is 12.2. The van der Waals surface area contributed by atoms with Crippen molar-refractivity contribution in [3.05, 3.63) is 28.3 Å². The van der Waals surface area contributed by atoms with E-state index < -0.39 is 5.63 Å². The smallest absolute Gasteiger partial charge is 0.339 e. The highest BCUT2D eigenvalue weighted by atomic mass is 16.5. The number of carbonyl (C=O) groups is 1. The molecule has 1 aliphatic rings. The molecule has 0 bridgehead atoms. The van der Waals surface area contributed by atoms with Crippen molar-refractivity contribution in [3.8, 4) is 5.75 Å². The summed E-state index contributed by atoms with van der Waals surface area (Å²) in [7, 11) is 0. The number of carbonyl (C=O) groups excluding carboxylic acids is 1. The van der Waals surface area contributed by atoms with Gasteiger partial charge in [-0.05, 0) is 12.3 Å². The first-order valence-corrected chi connectivity index (χ1v) is 7.29. The van der Waals surface area contributed by atoms with Crippen LogP contribution in [0.5, 0.6) is 5.75 Å². The van der Waals surface area contributed by atoms with E-state index in [1.165, 1.54) is 6.07 Å². The second-order valence-corrected chi connectivity index (χ2v) is 6.83. The van der Waals surface area contributed by atoms with E-state index in [1.54, 1.807) is 13.0 Å². The maximum atomic E-state index is 12.2. The lowest BCUT2D eigenvalue weighted by Crippen LogP contribution is -2.33. The molecule has 5 nitrogen and oxygen atoms in total. The van der Waals surface area contributed by atoms with Gasteiger partial charge < -0.3 is 14.1 Å². The highest BCUT2D eigenvalue weighted by Gasteiger charge is 2.29. The van der Waals surface area contributed by atoms with Crippen LogP contribution in [-0.4, -0.2) is 30.0 Å². The monoisotopic (exact) mass is 293 g/mol. The number of aryl methyl sites for hydroxylation is 1. The first kappa shape index (κ1) is 15.6. The summed E-state index contributed by atoms with van der Waals surface area (Å²) in [6.45, 7) is 9.17. The van der Waals surface area contributed by atoms with Crippen molar-refractivity contribution in [2.24, 2.45) is 5.41 Å². The molecule has 116 valence electrons. The number of hydrogen-bond acceptors (Lipinski definition) is 4. The van der Waals surface area contributed by atoms with Gasteiger partial charge in [0, 0.05) is 25.5 Å². The van der Waals surface area contributed by atoms with Crippen LogP contribution in [0, 0.1) is 12.3 Å². The molecule has 1 aromatic rings. The lowest BCUT2D eigenvalue weighted by atomic mass is 9.92. The Morgan fingerprint density at radius 2 is 2.14 bits per heavy atom. The van der Waals surface area contributed by atoms with Crippen LogP contribution >= 0.6 is 0 Å². The highest BCUT2D eigenvalue weighted by molar-refractivity contribution is 5.77. The molecule has 5 heteroatoms. The summed E-state index contributed by atoms with van der Waals surface area (Å²) >= 11 is 0. The van der Waals surface area contributed by atoms with E-state index in [0.717, 1.165) is 6.42 Å². The Bertz CT molecular complexity index is 570. The first-order valence-electron chi connectivity index (χ1n) is 7.29. The van der Waals surface area contributed by atoms with Gasteiger partial charge in [0.05, 0.1) is 12.6 Å². The minimum absolute atomic E-state index is 0.00840. The van der Waals surface area contributed by atoms with E-state index in [0.29, 0.717) is 31.0 Å². The molecule has 1 saturated heterocycles. The van der Waals surface area contributed by atoms with Gasteiger partial charge in [0.2, 0.25) is 5.91 Å². The normalized spacial score (nSPS) is 18.9. The van der Waals surface area contributed by atoms with Crippen LogP contribution in [0.3, 0.4) is 0 Å². The summed E-state index contributed by atoms with van der Waals surface area (Å²) < 4.78 is 10.7. The van der Waals surface area contributed by atoms with Crippen LogP contribution in [0.25, 0.3) is 0 Å². The Morgan fingerprint density at radius 3 is 2.76 bits per heavy atom. The third-order valence-electron chi connectivity index (χ3n) is 3.35. The molecule has 0 aromatic carbocycles. The van der Waals surface area contributed by atoms with E-state index >= 15 is 0 Å². The molecule has 2 heterocycles. The van der Waals surface area contributed by atoms with E-state index in [-0.39, 0.29) is 17.4 Å². The third kappa shape index (κ3) is 4.62. The quantitative estimate of drug-likeness (QED) is 0.858. The maximum Gasteiger partial charge on any atom is 0.339 e. The van der Waals surface area contributed by atoms with E-state index in [2.05, 4.69) is 20.8 Å². The SMILES string of the molecule is Cc1cc(OC2CCN(C(=O)CC(C)(C)C)C2)cc(=O)o1. The Labute approximate surface area is 124 Å². The number of nitrogens with zero attached hydrogens (tertiary/aromatic N) is 1. The molecule has 0 spiro atoms. The minimum Gasteiger partial charge on any atom is -0.488 e. The summed E-state index contributed by atoms with van der Waals surface area (Å²) in [6.07, 6.45) is 1.26. The molecular formula is C16H23NO4. The predicted molar refractivity (Wildman–Crippen MR) is 79.4 cm³/mol. The second kappa shape index (κ2) is 5.92. The zero-order valence-corrected chi connectivity index (χ0v) is 13.1. The first-order chi connectivity index (χ1) is 9.73. The van der Waals surface area contributed by atoms with Crippen molar-refractivity contribution in [3.63, 3.8) is 0 Å². The molecule has 0 radical (unpaired) electrons. The van der Waals surface area contributed by atoms with Crippen molar-refractivity contribution in [1.29, 1.82) is 0 Å². The standard InChI is InChI=1S/C16H23NO4/c1-11-7-13(8-15(19)20-11)21-12-5-6-17(10-12)14(18)9-16(2,3)4/h7-8,12H,5-6,9-10H2,1-4H3. The number of hydrogen-bond donors (Lipinski definition) is 0. The predicted octanol–water partition coefficient (Wildman–Crippen LogP) is 2.36. The fourth-order valence-electron chi connectivity index (χ4n) is 2.45. The van der Waals surface area contributed by atoms with E-state index in [4.69, 9.17) is 9.15 Å². The Hall–Kier alpha value is -1.78. The fraction of sp³-hybridized carbons (Fsp3) is 0.625. The van der Waals surface area contributed by atoms with Crippen molar-refractivity contribution in [1.82, 2.24) is 4.90 Å². The molecule has 0 saturated carbocycles. The van der Waals surface area contributed by atoms with Gasteiger partial charge >= 0.3 is 5.63 Å². The lowest BCUT2D eigenvalue weighted by Gasteiger charge is -2.23. The van der Waals surface area contributed by atoms with Crippen LogP contribution < -0.4 is 10.4 Å². The Morgan fingerprint density at radius 1 is 1.43 bits per heavy atom. The van der Waals surface area contributed by atoms with Crippen molar-refractivity contribution in [2.45, 2.75) is 46.6 Å². The summed E-state index contributed by atoms with van der Waals surface area (Å²) in [5.74, 6) is 1.20. The van der Waals surface area contributed by atoms with Gasteiger partial charge in [0.25, 0.3) is 0 Å². The van der Waals surface area contributed by atoms with Gasteiger partial charge in [-0.15, -0.1) is 0 Å². The molecule has 21 heavy (non-hydrogen) atoms. The minimum atomic E-state index is -0.413. The largest absolute Gasteiger partial charge is 0.488 e. The van der Waals surface area contributed by atoms with Crippen LogP contribution in [-0.2, 0) is 4.79 Å². The summed E-state index contributed by atoms with van der Waals surface area (Å²) in [5.41, 5.74) is -0.422. The molecule has 1 fully saturated rings. The molecule has 1 aromatic heterocycles. The van der Waals surface area contributed by atoms with Crippen LogP contribution in [0.15, 0.2) is 21.3 Å². The lowest BCUT2D eigenvalue weighted by molar-refractivity contribution is -0.132. The summed E-state index contributed by atoms with van der Waals surface area (Å²) in [6, 6.07) is 3.04. The van der Waals surface area contributed by atoms with E-state index in [1.807, 2.05) is 4.90 Å². The van der Waals surface area contributed by atoms with Crippen molar-refractivity contribution < 1.29 is 13.9 Å². The summed E-state index contributed by atoms with van der Waals surface area (Å²) in [4.78, 5) is 25.3. The van der Waals surface area contributed by atoms with Crippen molar-refractivity contribution in [2.75, 3.05) is 13.1 Å². The number of likely N-dealkylation sites (tertiary alicyclic amines) is 1. The molecule has 1 amide bonds.